The number of hydrogen-bond acceptors (Lipinski definition) is 6. The Morgan fingerprint density at radius 3 is 2.08 bits per heavy atom. The van der Waals surface area contributed by atoms with Crippen molar-refractivity contribution in [2.75, 3.05) is 9.80 Å². The van der Waals surface area contributed by atoms with E-state index in [9.17, 15) is 33.5 Å². The van der Waals surface area contributed by atoms with E-state index in [0.29, 0.717) is 22.3 Å². The predicted octanol–water partition coefficient (Wildman–Crippen LogP) is 6.84. The number of imide groups is 2. The number of hydrogen-bond donors (Lipinski definition) is 1. The van der Waals surface area contributed by atoms with Crippen molar-refractivity contribution in [2.24, 2.45) is 17.8 Å². The van der Waals surface area contributed by atoms with Crippen LogP contribution in [-0.4, -0.2) is 44.3 Å². The summed E-state index contributed by atoms with van der Waals surface area (Å²) in [7, 11) is 0. The van der Waals surface area contributed by atoms with Gasteiger partial charge in [0.2, 0.25) is 11.8 Å². The Kier molecular flexibility index (Phi) is 7.59. The lowest BCUT2D eigenvalue weighted by molar-refractivity contribution is -0.125. The lowest BCUT2D eigenvalue weighted by Crippen LogP contribution is -2.60. The number of aryl methyl sites for hydroxylation is 1. The topological polar surface area (TPSA) is 112 Å². The van der Waals surface area contributed by atoms with Gasteiger partial charge in [-0.2, -0.15) is 0 Å². The second-order valence-corrected chi connectivity index (χ2v) is 14.8. The summed E-state index contributed by atoms with van der Waals surface area (Å²) in [4.78, 5) is 68.0. The summed E-state index contributed by atoms with van der Waals surface area (Å²) in [5, 5.41) is 11.4. The highest BCUT2D eigenvalue weighted by Crippen LogP contribution is 2.66. The molecule has 1 N–H and O–H groups in total. The molecule has 1 saturated carbocycles. The Labute approximate surface area is 302 Å². The number of rotatable bonds is 5. The number of fused-ring (bicyclic) bond motifs is 4. The van der Waals surface area contributed by atoms with Gasteiger partial charge < -0.3 is 5.11 Å². The lowest BCUT2D eigenvalue weighted by atomic mass is 9.56. The van der Waals surface area contributed by atoms with Gasteiger partial charge in [-0.3, -0.25) is 28.9 Å². The van der Waals surface area contributed by atoms with Gasteiger partial charge in [-0.25, -0.2) is 9.29 Å². The first-order valence-corrected chi connectivity index (χ1v) is 17.2. The maximum atomic E-state index is 14.5. The fourth-order valence-corrected chi connectivity index (χ4v) is 9.36. The number of para-hydroxylation sites is 1. The van der Waals surface area contributed by atoms with Gasteiger partial charge in [0, 0.05) is 22.6 Å². The minimum atomic E-state index is -2.16. The third-order valence-corrected chi connectivity index (χ3v) is 12.3. The van der Waals surface area contributed by atoms with Crippen molar-refractivity contribution in [3.63, 3.8) is 0 Å². The van der Waals surface area contributed by atoms with E-state index in [0.717, 1.165) is 21.9 Å². The number of halogens is 3. The number of phenols is 1. The average molecular weight is 724 g/mol. The third-order valence-electron chi connectivity index (χ3n) is 10.9. The van der Waals surface area contributed by atoms with Gasteiger partial charge in [0.15, 0.2) is 15.5 Å². The van der Waals surface area contributed by atoms with Crippen LogP contribution in [-0.2, 0) is 19.2 Å². The third kappa shape index (κ3) is 4.60. The van der Waals surface area contributed by atoms with Gasteiger partial charge in [0.25, 0.3) is 11.8 Å². The molecule has 0 spiro atoms. The smallest absolute Gasteiger partial charge is 0.258 e. The standard InChI is InChI=1S/C40H29Cl2FN2O6/c1-21-6-5-9-29(33(21)46)32-27-18-19-28-31(30(27)20-39(41)37(50)45(38(51)40(32,39)42)26-16-12-24(43)13-17-26)36(49)44(35(28)48)25-14-10-23(11-15-25)34(47)22-7-3-2-4-8-22/h2-18,28,30-32,46H,19-20H2,1H3. The van der Waals surface area contributed by atoms with Crippen LogP contribution in [0.3, 0.4) is 0 Å². The van der Waals surface area contributed by atoms with Gasteiger partial charge in [0.1, 0.15) is 11.6 Å². The number of ketones is 1. The highest BCUT2D eigenvalue weighted by atomic mass is 35.5. The Morgan fingerprint density at radius 1 is 0.765 bits per heavy atom. The SMILES string of the molecule is Cc1cccc(C2C3=CCC4C(=O)N(c5ccc(C(=O)c6ccccc6)cc5)C(=O)C4C3CC3(Cl)C(=O)N(c4ccc(F)cc4)C(=O)C23Cl)c1O. The Bertz CT molecular complexity index is 2210. The van der Waals surface area contributed by atoms with Gasteiger partial charge in [-0.05, 0) is 79.8 Å². The second-order valence-electron chi connectivity index (χ2n) is 13.5. The van der Waals surface area contributed by atoms with Crippen molar-refractivity contribution >= 4 is 64.0 Å². The maximum Gasteiger partial charge on any atom is 0.258 e. The molecular formula is C40H29Cl2FN2O6. The highest BCUT2D eigenvalue weighted by molar-refractivity contribution is 6.58. The number of aromatic hydroxyl groups is 1. The molecule has 2 heterocycles. The van der Waals surface area contributed by atoms with Crippen LogP contribution >= 0.6 is 23.2 Å². The first kappa shape index (κ1) is 33.0. The molecule has 2 saturated heterocycles. The summed E-state index contributed by atoms with van der Waals surface area (Å²) in [6.07, 6.45) is 1.67. The monoisotopic (exact) mass is 722 g/mol. The van der Waals surface area contributed by atoms with E-state index in [2.05, 4.69) is 0 Å². The van der Waals surface area contributed by atoms with Crippen LogP contribution in [0.25, 0.3) is 0 Å². The molecular weight excluding hydrogens is 694 g/mol. The number of benzene rings is 4. The fraction of sp³-hybridized carbons (Fsp3) is 0.225. The van der Waals surface area contributed by atoms with Crippen molar-refractivity contribution in [3.05, 3.63) is 137 Å². The average Bonchev–Trinajstić information content (AvgIpc) is 3.47. The lowest BCUT2D eigenvalue weighted by Gasteiger charge is -2.50. The highest BCUT2D eigenvalue weighted by Gasteiger charge is 2.77. The number of carbonyl (C=O) groups is 5. The molecule has 4 amide bonds. The van der Waals surface area contributed by atoms with E-state index in [-0.39, 0.29) is 41.3 Å². The molecule has 6 unspecified atom stereocenters. The molecule has 2 aliphatic carbocycles. The largest absolute Gasteiger partial charge is 0.507 e. The van der Waals surface area contributed by atoms with Crippen LogP contribution in [0.15, 0.2) is 109 Å². The fourth-order valence-electron chi connectivity index (χ4n) is 8.43. The summed E-state index contributed by atoms with van der Waals surface area (Å²) in [5.74, 6) is -7.32. The van der Waals surface area contributed by atoms with E-state index in [1.54, 1.807) is 79.7 Å². The molecule has 256 valence electrons. The molecule has 8 nitrogen and oxygen atoms in total. The molecule has 3 fully saturated rings. The minimum Gasteiger partial charge on any atom is -0.507 e. The molecule has 0 aromatic heterocycles. The van der Waals surface area contributed by atoms with Gasteiger partial charge >= 0.3 is 0 Å². The second kappa shape index (κ2) is 11.7. The molecule has 4 aromatic rings. The normalized spacial score (nSPS) is 28.4. The van der Waals surface area contributed by atoms with Crippen LogP contribution in [0, 0.1) is 30.5 Å². The Morgan fingerprint density at radius 2 is 1.39 bits per heavy atom. The van der Waals surface area contributed by atoms with Crippen molar-refractivity contribution in [3.8, 4) is 5.75 Å². The molecule has 2 aliphatic heterocycles. The van der Waals surface area contributed by atoms with Crippen LogP contribution in [0.5, 0.6) is 5.75 Å². The van der Waals surface area contributed by atoms with Gasteiger partial charge in [-0.15, -0.1) is 23.2 Å². The minimum absolute atomic E-state index is 0.0652. The van der Waals surface area contributed by atoms with E-state index in [1.165, 1.54) is 12.1 Å². The van der Waals surface area contributed by atoms with Crippen molar-refractivity contribution < 1.29 is 33.5 Å². The van der Waals surface area contributed by atoms with E-state index >= 15 is 0 Å². The molecule has 0 radical (unpaired) electrons. The van der Waals surface area contributed by atoms with Crippen LogP contribution in [0.4, 0.5) is 15.8 Å². The number of phenolic OH excluding ortho intramolecular Hbond substituents is 1. The molecule has 11 heteroatoms. The summed E-state index contributed by atoms with van der Waals surface area (Å²) in [6, 6.07) is 24.7. The van der Waals surface area contributed by atoms with Gasteiger partial charge in [-0.1, -0.05) is 60.2 Å². The summed E-state index contributed by atoms with van der Waals surface area (Å²) < 4.78 is 13.9. The number of allylic oxidation sites excluding steroid dienone is 2. The number of alkyl halides is 2. The zero-order valence-corrected chi connectivity index (χ0v) is 28.6. The zero-order chi connectivity index (χ0) is 36.0. The summed E-state index contributed by atoms with van der Waals surface area (Å²) in [6.45, 7) is 1.68. The Balaban J connectivity index is 1.21. The van der Waals surface area contributed by atoms with Crippen molar-refractivity contribution in [1.82, 2.24) is 0 Å². The number of nitrogens with zero attached hydrogens (tertiary/aromatic N) is 2. The molecule has 8 rings (SSSR count). The van der Waals surface area contributed by atoms with Crippen LogP contribution in [0.1, 0.15) is 45.8 Å². The van der Waals surface area contributed by atoms with E-state index < -0.39 is 62.9 Å². The number of anilines is 2. The first-order chi connectivity index (χ1) is 24.4. The van der Waals surface area contributed by atoms with Crippen molar-refractivity contribution in [2.45, 2.75) is 35.4 Å². The molecule has 6 atom stereocenters. The summed E-state index contributed by atoms with van der Waals surface area (Å²) in [5.41, 5.74) is 2.50. The van der Waals surface area contributed by atoms with Crippen molar-refractivity contribution in [1.29, 1.82) is 0 Å². The molecule has 0 bridgehead atoms. The zero-order valence-electron chi connectivity index (χ0n) is 27.1. The van der Waals surface area contributed by atoms with Crippen LogP contribution < -0.4 is 9.80 Å². The Hall–Kier alpha value is -5.12. The number of carbonyl (C=O) groups excluding carboxylic acids is 5. The molecule has 4 aliphatic rings. The van der Waals surface area contributed by atoms with E-state index in [4.69, 9.17) is 23.2 Å². The maximum absolute atomic E-state index is 14.5. The predicted molar refractivity (Wildman–Crippen MR) is 188 cm³/mol. The number of amides is 4. The molecule has 4 aromatic carbocycles. The quantitative estimate of drug-likeness (QED) is 0.105. The summed E-state index contributed by atoms with van der Waals surface area (Å²) >= 11 is 14.8. The van der Waals surface area contributed by atoms with E-state index in [1.807, 2.05) is 6.07 Å². The van der Waals surface area contributed by atoms with Crippen LogP contribution in [0.2, 0.25) is 0 Å². The first-order valence-electron chi connectivity index (χ1n) is 16.5. The van der Waals surface area contributed by atoms with Gasteiger partial charge in [0.05, 0.1) is 23.2 Å². The molecule has 51 heavy (non-hydrogen) atoms.